The Morgan fingerprint density at radius 3 is 2.06 bits per heavy atom. The molecule has 2 saturated heterocycles. The third kappa shape index (κ3) is 12.6. The Bertz CT molecular complexity index is 1760. The van der Waals surface area contributed by atoms with Gasteiger partial charge >= 0.3 is 118 Å². The molecule has 2 aromatic heterocycles. The average Bonchev–Trinajstić information content (AvgIpc) is 3.64. The molecule has 24 nitrogen and oxygen atoms in total. The maximum Gasteiger partial charge on any atom is 1.00 e. The molecule has 4 unspecified atom stereocenters. The molecule has 1 amide bonds. The van der Waals surface area contributed by atoms with E-state index >= 15 is 0 Å². The zero-order chi connectivity index (χ0) is 35.2. The van der Waals surface area contributed by atoms with Crippen molar-refractivity contribution in [3.63, 3.8) is 0 Å². The van der Waals surface area contributed by atoms with Crippen LogP contribution in [0.1, 0.15) is 12.6 Å². The van der Waals surface area contributed by atoms with E-state index in [1.807, 2.05) is 0 Å². The second-order valence-electron chi connectivity index (χ2n) is 10.3. The number of hydrogen-bond acceptors (Lipinski definition) is 22. The van der Waals surface area contributed by atoms with E-state index in [0.717, 1.165) is 17.2 Å². The number of fused-ring (bicyclic) bond motifs is 1. The number of anilines is 1. The minimum atomic E-state index is -5.86. The number of allylic oxidation sites excluding steroid dienone is 1. The Labute approximate surface area is 382 Å². The number of hydrogen-bond donors (Lipinski definition) is 5. The second-order valence-corrected chi connectivity index (χ2v) is 14.4. The summed E-state index contributed by atoms with van der Waals surface area (Å²) >= 11 is 0. The molecular weight excluding hydrogens is 807 g/mol. The third-order valence-corrected chi connectivity index (χ3v) is 10.1. The molecule has 0 radical (unpaired) electrons. The monoisotopic (exact) mass is 833 g/mol. The van der Waals surface area contributed by atoms with E-state index in [1.54, 1.807) is 0 Å². The third-order valence-electron chi connectivity index (χ3n) is 7.09. The zero-order valence-corrected chi connectivity index (χ0v) is 38.6. The summed E-state index contributed by atoms with van der Waals surface area (Å²) in [4.78, 5) is 71.8. The van der Waals surface area contributed by atoms with Crippen molar-refractivity contribution in [2.24, 2.45) is 5.73 Å². The number of primary amides is 1. The van der Waals surface area contributed by atoms with Gasteiger partial charge in [0.25, 0.3) is 15.6 Å². The van der Waals surface area contributed by atoms with E-state index in [9.17, 15) is 53.4 Å². The van der Waals surface area contributed by atoms with Crippen LogP contribution in [0.4, 0.5) is 5.82 Å². The van der Waals surface area contributed by atoms with Gasteiger partial charge in [-0.15, -0.1) is 0 Å². The number of carbonyl (C=O) groups is 1. The van der Waals surface area contributed by atoms with Gasteiger partial charge in [-0.05, 0) is 6.42 Å². The SMILES string of the molecule is NC(=O)C1=CN([C@@H]2O[C@H](COP(=O)([O-])OP(=O)([O-])OC[C@@H]3O[C@H](n4cnc5c(N)ncnc54)C(OP(=O)([O-])[O-])[C@@H]3O)C(O)[C@@H]2O)C=CC1.[Na+].[Na+].[Na+].[Na+]. The van der Waals surface area contributed by atoms with Crippen molar-refractivity contribution in [3.8, 4) is 0 Å². The zero-order valence-electron chi connectivity index (χ0n) is 27.9. The average molecular weight is 833 g/mol. The van der Waals surface area contributed by atoms with Crippen molar-refractivity contribution in [1.82, 2.24) is 24.4 Å². The Hall–Kier alpha value is 1.27. The number of phosphoric acid groups is 3. The minimum absolute atomic E-state index is 0. The van der Waals surface area contributed by atoms with Gasteiger partial charge in [-0.25, -0.2) is 19.3 Å². The van der Waals surface area contributed by atoms with Crippen molar-refractivity contribution in [2.45, 2.75) is 55.5 Å². The van der Waals surface area contributed by atoms with E-state index in [4.69, 9.17) is 20.9 Å². The number of amides is 1. The van der Waals surface area contributed by atoms with Crippen LogP contribution in [0.3, 0.4) is 0 Å². The standard InChI is InChI=1S/C21H30N7O17P3.4Na/c22-17-12-19(25-7-24-17)28(8-26-12)21-16(44-46(33,34)35)14(30)11(43-21)6-41-48(38,39)45-47(36,37)40-5-10-13(29)15(31)20(42-10)27-3-1-2-9(4-27)18(23)32;;;;/h1,3-4,7-8,10-11,13-16,20-21,29-31H,2,5-6H2,(H2,23,32)(H,36,37)(H,38,39)(H2,22,24,25)(H2,33,34,35);;;;/q;4*+1/p-4/t10-,11+,13?,14-,15+,16?,20-,21+;;;;/m1..../s1. The molecule has 0 saturated carbocycles. The normalized spacial score (nSPS) is 29.4. The molecular formula is C21H26N7Na4O17P3. The Balaban J connectivity index is 0.00000338. The van der Waals surface area contributed by atoms with Gasteiger partial charge in [0.05, 0.1) is 27.4 Å². The molecule has 0 aromatic carbocycles. The molecule has 31 heteroatoms. The number of imidazole rings is 1. The van der Waals surface area contributed by atoms with E-state index in [2.05, 4.69) is 32.8 Å². The van der Waals surface area contributed by atoms with Crippen LogP contribution in [-0.4, -0.2) is 102 Å². The second kappa shape index (κ2) is 20.8. The summed E-state index contributed by atoms with van der Waals surface area (Å²) in [6.45, 7) is -2.26. The fraction of sp³-hybridized carbons (Fsp3) is 0.524. The van der Waals surface area contributed by atoms with Crippen LogP contribution in [0, 0.1) is 0 Å². The number of aliphatic hydroxyl groups is 3. The Morgan fingerprint density at radius 2 is 1.48 bits per heavy atom. The van der Waals surface area contributed by atoms with Gasteiger partial charge in [0, 0.05) is 18.0 Å². The summed E-state index contributed by atoms with van der Waals surface area (Å²) in [6, 6.07) is 0. The van der Waals surface area contributed by atoms with Crippen molar-refractivity contribution in [3.05, 3.63) is 36.7 Å². The molecule has 0 bridgehead atoms. The van der Waals surface area contributed by atoms with E-state index in [-0.39, 0.29) is 147 Å². The number of nitrogens with zero attached hydrogens (tertiary/aromatic N) is 5. The van der Waals surface area contributed by atoms with Gasteiger partial charge in [0.1, 0.15) is 48.5 Å². The van der Waals surface area contributed by atoms with E-state index in [1.165, 1.54) is 23.4 Å². The molecule has 5 rings (SSSR count). The first-order valence-electron chi connectivity index (χ1n) is 13.4. The quantitative estimate of drug-likeness (QED) is 0.0924. The molecule has 10 atom stereocenters. The number of aliphatic hydroxyl groups excluding tert-OH is 3. The number of nitrogens with two attached hydrogens (primary N) is 2. The summed E-state index contributed by atoms with van der Waals surface area (Å²) in [5.41, 5.74) is 11.1. The van der Waals surface area contributed by atoms with E-state index < -0.39 is 91.7 Å². The first kappa shape index (κ1) is 51.3. The molecule has 3 aliphatic heterocycles. The van der Waals surface area contributed by atoms with Crippen molar-refractivity contribution in [1.29, 1.82) is 0 Å². The van der Waals surface area contributed by atoms with Gasteiger partial charge in [0.15, 0.2) is 23.9 Å². The van der Waals surface area contributed by atoms with Crippen LogP contribution in [-0.2, 0) is 45.8 Å². The molecule has 5 heterocycles. The van der Waals surface area contributed by atoms with Crippen LogP contribution in [0.2, 0.25) is 0 Å². The van der Waals surface area contributed by atoms with Crippen molar-refractivity contribution >= 4 is 46.4 Å². The number of nitrogen functional groups attached to an aromatic ring is 1. The molecule has 2 fully saturated rings. The maximum absolute atomic E-state index is 12.4. The number of aromatic nitrogens is 4. The summed E-state index contributed by atoms with van der Waals surface area (Å²) in [7, 11) is -17.4. The van der Waals surface area contributed by atoms with Gasteiger partial charge in [-0.3, -0.25) is 18.5 Å². The van der Waals surface area contributed by atoms with Crippen LogP contribution in [0.25, 0.3) is 11.2 Å². The summed E-state index contributed by atoms with van der Waals surface area (Å²) in [6.07, 6.45) is -7.38. The molecule has 7 N–H and O–H groups in total. The number of phosphoric ester groups is 3. The van der Waals surface area contributed by atoms with Gasteiger partial charge in [-0.2, -0.15) is 0 Å². The van der Waals surface area contributed by atoms with Crippen LogP contribution >= 0.6 is 23.5 Å². The molecule has 0 spiro atoms. The fourth-order valence-electron chi connectivity index (χ4n) is 4.91. The number of carbonyl (C=O) groups excluding carboxylic acids is 1. The first-order valence-corrected chi connectivity index (χ1v) is 17.8. The smallest absolute Gasteiger partial charge is 0.790 e. The van der Waals surface area contributed by atoms with Crippen LogP contribution in [0.5, 0.6) is 0 Å². The molecule has 0 aliphatic carbocycles. The molecule has 3 aliphatic rings. The van der Waals surface area contributed by atoms with Crippen molar-refractivity contribution in [2.75, 3.05) is 18.9 Å². The topological polar surface area (TPSA) is 375 Å². The predicted octanol–water partition coefficient (Wildman–Crippen LogP) is -17.1. The molecule has 266 valence electrons. The fourth-order valence-corrected chi connectivity index (χ4v) is 7.45. The number of rotatable bonds is 13. The van der Waals surface area contributed by atoms with Crippen molar-refractivity contribution < 1.29 is 199 Å². The Kier molecular flexibility index (Phi) is 20.5. The largest absolute Gasteiger partial charge is 1.00 e. The van der Waals surface area contributed by atoms with Gasteiger partial charge in [-0.1, -0.05) is 6.08 Å². The summed E-state index contributed by atoms with van der Waals surface area (Å²) < 4.78 is 65.6. The minimum Gasteiger partial charge on any atom is -0.790 e. The van der Waals surface area contributed by atoms with Crippen LogP contribution < -0.4 is 149 Å². The Morgan fingerprint density at radius 1 is 0.904 bits per heavy atom. The molecule has 2 aromatic rings. The molecule has 52 heavy (non-hydrogen) atoms. The summed E-state index contributed by atoms with van der Waals surface area (Å²) in [5.74, 6) is -0.849. The van der Waals surface area contributed by atoms with Gasteiger partial charge < -0.3 is 78.9 Å². The maximum atomic E-state index is 12.4. The number of ether oxygens (including phenoxy) is 2. The van der Waals surface area contributed by atoms with E-state index in [0.29, 0.717) is 0 Å². The van der Waals surface area contributed by atoms with Gasteiger partial charge in [0.2, 0.25) is 5.91 Å². The summed E-state index contributed by atoms with van der Waals surface area (Å²) in [5, 5.41) is 31.4. The first-order chi connectivity index (χ1) is 22.4. The predicted molar refractivity (Wildman–Crippen MR) is 144 cm³/mol. The van der Waals surface area contributed by atoms with Crippen LogP contribution in [0.15, 0.2) is 36.7 Å².